The monoisotopic (exact) mass is 724 g/mol. The number of unbranched alkanes of at least 4 members (excludes halogenated alkanes) is 1. The van der Waals surface area contributed by atoms with Gasteiger partial charge in [-0.15, -0.1) is 0 Å². The Morgan fingerprint density at radius 1 is 1.04 bits per heavy atom. The fourth-order valence-corrected chi connectivity index (χ4v) is 6.80. The number of carbonyl (C=O) groups is 7. The number of rotatable bonds is 21. The molecular formula is C36H52N8O8. The van der Waals surface area contributed by atoms with Gasteiger partial charge in [0.25, 0.3) is 0 Å². The van der Waals surface area contributed by atoms with Crippen LogP contribution < -0.4 is 32.3 Å². The second-order valence-corrected chi connectivity index (χ2v) is 13.6. The molecule has 284 valence electrons. The largest absolute Gasteiger partial charge is 0.480 e. The van der Waals surface area contributed by atoms with Crippen LogP contribution in [-0.4, -0.2) is 107 Å². The maximum absolute atomic E-state index is 14.0. The smallest absolute Gasteiger partial charge is 0.326 e. The molecule has 0 bridgehead atoms. The van der Waals surface area contributed by atoms with Crippen molar-refractivity contribution >= 4 is 52.2 Å². The summed E-state index contributed by atoms with van der Waals surface area (Å²) in [6.07, 6.45) is 5.29. The van der Waals surface area contributed by atoms with Crippen molar-refractivity contribution in [3.8, 4) is 0 Å². The summed E-state index contributed by atoms with van der Waals surface area (Å²) in [6, 6.07) is 3.79. The molecule has 0 saturated carbocycles. The molecule has 5 atom stereocenters. The van der Waals surface area contributed by atoms with Crippen LogP contribution in [-0.2, 0) is 40.0 Å². The Kier molecular flexibility index (Phi) is 15.1. The predicted molar refractivity (Wildman–Crippen MR) is 191 cm³/mol. The average molecular weight is 725 g/mol. The maximum atomic E-state index is 14.0. The molecule has 3 heterocycles. The van der Waals surface area contributed by atoms with E-state index in [0.717, 1.165) is 16.5 Å². The topological polar surface area (TPSA) is 245 Å². The van der Waals surface area contributed by atoms with Gasteiger partial charge in [0, 0.05) is 62.0 Å². The summed E-state index contributed by atoms with van der Waals surface area (Å²) in [6.45, 7) is 3.12. The summed E-state index contributed by atoms with van der Waals surface area (Å²) in [5, 5.41) is 24.4. The van der Waals surface area contributed by atoms with Crippen LogP contribution in [0.1, 0.15) is 76.7 Å². The minimum atomic E-state index is -1.10. The molecule has 2 fully saturated rings. The molecule has 16 heteroatoms. The molecule has 2 aliphatic heterocycles. The summed E-state index contributed by atoms with van der Waals surface area (Å²) in [4.78, 5) is 94.5. The van der Waals surface area contributed by atoms with Crippen molar-refractivity contribution in [2.24, 2.45) is 11.7 Å². The summed E-state index contributed by atoms with van der Waals surface area (Å²) in [7, 11) is 0. The van der Waals surface area contributed by atoms with E-state index in [-0.39, 0.29) is 44.0 Å². The molecule has 1 aromatic carbocycles. The molecule has 4 rings (SSSR count). The second-order valence-electron chi connectivity index (χ2n) is 13.6. The van der Waals surface area contributed by atoms with E-state index in [9.17, 15) is 38.7 Å². The van der Waals surface area contributed by atoms with Crippen molar-refractivity contribution in [2.75, 3.05) is 26.3 Å². The maximum Gasteiger partial charge on any atom is 0.326 e. The minimum Gasteiger partial charge on any atom is -0.480 e. The number of carboxylic acids is 1. The number of aromatic amines is 1. The zero-order valence-electron chi connectivity index (χ0n) is 29.7. The van der Waals surface area contributed by atoms with Crippen LogP contribution in [0.5, 0.6) is 0 Å². The number of Topliss-reactive ketones (excluding diaryl/α,β-unsaturated/α-hetero) is 1. The fraction of sp³-hybridized carbons (Fsp3) is 0.583. The van der Waals surface area contributed by atoms with Gasteiger partial charge in [0.15, 0.2) is 5.78 Å². The number of aromatic nitrogens is 1. The SMILES string of the molecule is CC(NC(=O)C(CC(=O)C(CCCCNC(=O)CCCNCN)NC(=O)C1CCC(=O)N1)Cc1c[nH]c2ccccc12)C(=O)N1CCCC1C(=O)O. The number of hydrogen-bond donors (Lipinski definition) is 8. The van der Waals surface area contributed by atoms with Gasteiger partial charge in [-0.3, -0.25) is 28.8 Å². The van der Waals surface area contributed by atoms with Crippen molar-refractivity contribution in [3.05, 3.63) is 36.0 Å². The average Bonchev–Trinajstić information content (AvgIpc) is 3.89. The Balaban J connectivity index is 1.46. The summed E-state index contributed by atoms with van der Waals surface area (Å²) in [5.74, 6) is -4.33. The third kappa shape index (κ3) is 11.3. The molecule has 5 amide bonds. The summed E-state index contributed by atoms with van der Waals surface area (Å²) < 4.78 is 0. The lowest BCUT2D eigenvalue weighted by Gasteiger charge is -2.27. The molecule has 2 saturated heterocycles. The first kappa shape index (κ1) is 39.9. The highest BCUT2D eigenvalue weighted by atomic mass is 16.4. The normalized spacial score (nSPS) is 18.7. The van der Waals surface area contributed by atoms with Gasteiger partial charge in [0.05, 0.1) is 6.04 Å². The molecule has 52 heavy (non-hydrogen) atoms. The lowest BCUT2D eigenvalue weighted by Crippen LogP contribution is -2.52. The van der Waals surface area contributed by atoms with E-state index in [0.29, 0.717) is 64.7 Å². The number of fused-ring (bicyclic) bond motifs is 1. The minimum absolute atomic E-state index is 0.0983. The van der Waals surface area contributed by atoms with Gasteiger partial charge < -0.3 is 47.3 Å². The van der Waals surface area contributed by atoms with E-state index in [1.54, 1.807) is 6.20 Å². The lowest BCUT2D eigenvalue weighted by molar-refractivity contribution is -0.149. The van der Waals surface area contributed by atoms with E-state index in [4.69, 9.17) is 5.73 Å². The number of aliphatic carboxylic acids is 1. The van der Waals surface area contributed by atoms with E-state index in [2.05, 4.69) is 31.6 Å². The fourth-order valence-electron chi connectivity index (χ4n) is 6.80. The zero-order chi connectivity index (χ0) is 37.6. The van der Waals surface area contributed by atoms with Gasteiger partial charge >= 0.3 is 5.97 Å². The van der Waals surface area contributed by atoms with E-state index >= 15 is 0 Å². The number of carboxylic acid groups (broad SMARTS) is 1. The summed E-state index contributed by atoms with van der Waals surface area (Å²) in [5.41, 5.74) is 7.04. The van der Waals surface area contributed by atoms with Crippen LogP contribution in [0.15, 0.2) is 30.5 Å². The predicted octanol–water partition coefficient (Wildman–Crippen LogP) is 0.202. The number of nitrogens with one attached hydrogen (secondary N) is 6. The van der Waals surface area contributed by atoms with Crippen LogP contribution in [0, 0.1) is 5.92 Å². The highest BCUT2D eigenvalue weighted by molar-refractivity contribution is 5.97. The number of likely N-dealkylation sites (tertiary alicyclic amines) is 1. The number of ketones is 1. The van der Waals surface area contributed by atoms with E-state index in [1.807, 2.05) is 24.3 Å². The quantitative estimate of drug-likeness (QED) is 0.0642. The van der Waals surface area contributed by atoms with Crippen molar-refractivity contribution in [1.29, 1.82) is 0 Å². The van der Waals surface area contributed by atoms with E-state index in [1.165, 1.54) is 11.8 Å². The molecule has 2 aromatic rings. The molecule has 1 aromatic heterocycles. The third-order valence-electron chi connectivity index (χ3n) is 9.67. The number of hydrogen-bond acceptors (Lipinski definition) is 9. The second kappa shape index (κ2) is 19.7. The van der Waals surface area contributed by atoms with Crippen molar-refractivity contribution in [2.45, 2.75) is 102 Å². The Bertz CT molecular complexity index is 1590. The van der Waals surface area contributed by atoms with Gasteiger partial charge in [-0.25, -0.2) is 4.79 Å². The summed E-state index contributed by atoms with van der Waals surface area (Å²) >= 11 is 0. The number of carbonyl (C=O) groups excluding carboxylic acids is 6. The first-order valence-electron chi connectivity index (χ1n) is 18.2. The van der Waals surface area contributed by atoms with E-state index < -0.39 is 59.6 Å². The molecule has 0 spiro atoms. The van der Waals surface area contributed by atoms with Gasteiger partial charge in [-0.05, 0) is 76.5 Å². The number of H-pyrrole nitrogens is 1. The van der Waals surface area contributed by atoms with Crippen LogP contribution in [0.2, 0.25) is 0 Å². The number of benzene rings is 1. The number of amides is 5. The van der Waals surface area contributed by atoms with Gasteiger partial charge in [-0.1, -0.05) is 18.2 Å². The number of para-hydroxylation sites is 1. The first-order chi connectivity index (χ1) is 25.0. The first-order valence-corrected chi connectivity index (χ1v) is 18.2. The zero-order valence-corrected chi connectivity index (χ0v) is 29.7. The standard InChI is InChI=1S/C36H52N8O8/c1-22(35(50)44-17-7-11-29(44)36(51)52)41-33(48)23(18-24-20-40-26-9-3-2-8-25(24)26)19-30(45)27(43-34(49)28-13-14-32(47)42-28)10-4-5-16-39-31(46)12-6-15-38-21-37/h2-3,8-9,20,22-23,27-29,38,40H,4-7,10-19,21,37H2,1H3,(H,39,46)(H,41,48)(H,42,47)(H,43,49)(H,51,52). The molecule has 5 unspecified atom stereocenters. The molecule has 0 radical (unpaired) electrons. The Morgan fingerprint density at radius 3 is 2.56 bits per heavy atom. The van der Waals surface area contributed by atoms with Crippen molar-refractivity contribution in [3.63, 3.8) is 0 Å². The molecule has 2 aliphatic rings. The number of nitrogens with zero attached hydrogens (tertiary/aromatic N) is 1. The van der Waals surface area contributed by atoms with Crippen LogP contribution >= 0.6 is 0 Å². The number of nitrogens with two attached hydrogens (primary N) is 1. The highest BCUT2D eigenvalue weighted by Gasteiger charge is 2.38. The molecule has 0 aliphatic carbocycles. The van der Waals surface area contributed by atoms with Gasteiger partial charge in [0.2, 0.25) is 29.5 Å². The highest BCUT2D eigenvalue weighted by Crippen LogP contribution is 2.24. The van der Waals surface area contributed by atoms with Crippen LogP contribution in [0.4, 0.5) is 0 Å². The Hall–Kier alpha value is -4.83. The van der Waals surface area contributed by atoms with Crippen molar-refractivity contribution < 1.29 is 38.7 Å². The Labute approximate surface area is 302 Å². The van der Waals surface area contributed by atoms with Crippen LogP contribution in [0.3, 0.4) is 0 Å². The molecular weight excluding hydrogens is 672 g/mol. The van der Waals surface area contributed by atoms with Crippen molar-refractivity contribution in [1.82, 2.24) is 36.5 Å². The van der Waals surface area contributed by atoms with Gasteiger partial charge in [-0.2, -0.15) is 0 Å². The molecule has 9 N–H and O–H groups in total. The third-order valence-corrected chi connectivity index (χ3v) is 9.67. The van der Waals surface area contributed by atoms with Gasteiger partial charge in [0.1, 0.15) is 18.1 Å². The lowest BCUT2D eigenvalue weighted by atomic mass is 9.89. The molecule has 16 nitrogen and oxygen atoms in total. The van der Waals surface area contributed by atoms with Crippen LogP contribution in [0.25, 0.3) is 10.9 Å². The Morgan fingerprint density at radius 2 is 1.83 bits per heavy atom.